The molecule has 0 radical (unpaired) electrons. The van der Waals surface area contributed by atoms with Crippen LogP contribution < -0.4 is 0 Å². The first-order valence-corrected chi connectivity index (χ1v) is 10.6. The van der Waals surface area contributed by atoms with Gasteiger partial charge in [-0.3, -0.25) is 14.6 Å². The van der Waals surface area contributed by atoms with Gasteiger partial charge >= 0.3 is 0 Å². The van der Waals surface area contributed by atoms with Crippen LogP contribution in [0.2, 0.25) is 0 Å². The van der Waals surface area contributed by atoms with Gasteiger partial charge in [-0.25, -0.2) is 0 Å². The van der Waals surface area contributed by atoms with Crippen molar-refractivity contribution >= 4 is 5.91 Å². The van der Waals surface area contributed by atoms with E-state index in [4.69, 9.17) is 0 Å². The van der Waals surface area contributed by atoms with Gasteiger partial charge in [-0.1, -0.05) is 43.2 Å². The summed E-state index contributed by atoms with van der Waals surface area (Å²) in [5.74, 6) is 0.610. The molecule has 1 unspecified atom stereocenters. The quantitative estimate of drug-likeness (QED) is 0.831. The smallest absolute Gasteiger partial charge is 0.227 e. The topological polar surface area (TPSA) is 26.8 Å². The summed E-state index contributed by atoms with van der Waals surface area (Å²) >= 11 is 0. The fraction of sp³-hybridized carbons (Fsp3) is 0.682. The lowest BCUT2D eigenvalue weighted by atomic mass is 9.95. The van der Waals surface area contributed by atoms with Crippen LogP contribution in [-0.2, 0) is 11.3 Å². The zero-order valence-corrected chi connectivity index (χ0v) is 16.0. The average molecular weight is 356 g/mol. The van der Waals surface area contributed by atoms with Gasteiger partial charge in [0.05, 0.1) is 5.92 Å². The van der Waals surface area contributed by atoms with Crippen molar-refractivity contribution in [3.8, 4) is 0 Å². The molecule has 4 nitrogen and oxygen atoms in total. The number of amides is 1. The highest BCUT2D eigenvalue weighted by Gasteiger charge is 2.32. The van der Waals surface area contributed by atoms with Gasteiger partial charge in [0, 0.05) is 45.3 Å². The van der Waals surface area contributed by atoms with Crippen molar-refractivity contribution in [2.45, 2.75) is 51.1 Å². The summed E-state index contributed by atoms with van der Waals surface area (Å²) in [6, 6.07) is 11.4. The largest absolute Gasteiger partial charge is 0.340 e. The fourth-order valence-electron chi connectivity index (χ4n) is 5.08. The van der Waals surface area contributed by atoms with E-state index < -0.39 is 0 Å². The van der Waals surface area contributed by atoms with Crippen LogP contribution in [0.3, 0.4) is 0 Å². The molecule has 0 spiro atoms. The molecule has 0 aromatic heterocycles. The Morgan fingerprint density at radius 1 is 0.885 bits per heavy atom. The molecule has 0 N–H and O–H groups in total. The minimum Gasteiger partial charge on any atom is -0.340 e. The second kappa shape index (κ2) is 8.53. The zero-order valence-electron chi connectivity index (χ0n) is 16.0. The van der Waals surface area contributed by atoms with Gasteiger partial charge < -0.3 is 4.90 Å². The van der Waals surface area contributed by atoms with Crippen molar-refractivity contribution in [1.29, 1.82) is 0 Å². The molecule has 2 saturated heterocycles. The van der Waals surface area contributed by atoms with Gasteiger partial charge in [0.1, 0.15) is 0 Å². The Morgan fingerprint density at radius 2 is 1.62 bits per heavy atom. The molecule has 1 atom stereocenters. The molecule has 142 valence electrons. The second-order valence-electron chi connectivity index (χ2n) is 8.36. The van der Waals surface area contributed by atoms with E-state index in [0.717, 1.165) is 64.7 Å². The molecule has 2 aliphatic heterocycles. The van der Waals surface area contributed by atoms with Gasteiger partial charge in [-0.15, -0.1) is 0 Å². The van der Waals surface area contributed by atoms with Crippen molar-refractivity contribution in [2.24, 2.45) is 5.92 Å². The van der Waals surface area contributed by atoms with Crippen LogP contribution >= 0.6 is 0 Å². The fourth-order valence-corrected chi connectivity index (χ4v) is 5.08. The average Bonchev–Trinajstić information content (AvgIpc) is 3.23. The van der Waals surface area contributed by atoms with E-state index in [1.807, 2.05) is 0 Å². The minimum absolute atomic E-state index is 0.200. The van der Waals surface area contributed by atoms with Crippen molar-refractivity contribution < 1.29 is 4.79 Å². The lowest BCUT2D eigenvalue weighted by Gasteiger charge is -2.40. The minimum atomic E-state index is 0.200. The van der Waals surface area contributed by atoms with Crippen LogP contribution in [0.5, 0.6) is 0 Å². The molecule has 2 heterocycles. The zero-order chi connectivity index (χ0) is 17.8. The molecule has 3 fully saturated rings. The van der Waals surface area contributed by atoms with Crippen molar-refractivity contribution in [3.05, 3.63) is 35.9 Å². The Bertz CT molecular complexity index is 576. The predicted molar refractivity (Wildman–Crippen MR) is 105 cm³/mol. The maximum absolute atomic E-state index is 13.1. The molecule has 3 aliphatic rings. The van der Waals surface area contributed by atoms with E-state index in [-0.39, 0.29) is 5.92 Å². The maximum atomic E-state index is 13.1. The molecule has 1 aromatic rings. The molecule has 1 aliphatic carbocycles. The SMILES string of the molecule is O=C(C1CCCN(Cc2ccccc2)C1)N1CCN(C2CCCC2)CC1. The van der Waals surface area contributed by atoms with Gasteiger partial charge in [0.25, 0.3) is 0 Å². The van der Waals surface area contributed by atoms with Crippen LogP contribution in [0.1, 0.15) is 44.1 Å². The van der Waals surface area contributed by atoms with E-state index in [1.165, 1.54) is 31.2 Å². The number of carbonyl (C=O) groups excluding carboxylic acids is 1. The molecule has 0 bridgehead atoms. The molecule has 1 saturated carbocycles. The predicted octanol–water partition coefficient (Wildman–Crippen LogP) is 2.99. The second-order valence-corrected chi connectivity index (χ2v) is 8.36. The Kier molecular flexibility index (Phi) is 5.91. The lowest BCUT2D eigenvalue weighted by molar-refractivity contribution is -0.139. The number of rotatable bonds is 4. The number of carbonyl (C=O) groups is 1. The number of benzene rings is 1. The Hall–Kier alpha value is -1.39. The number of hydrogen-bond acceptors (Lipinski definition) is 3. The summed E-state index contributed by atoms with van der Waals surface area (Å²) in [6.45, 7) is 7.05. The normalized spacial score (nSPS) is 26.3. The standard InChI is InChI=1S/C22H33N3O/c26-22(25-15-13-24(14-16-25)21-10-4-5-11-21)20-9-6-12-23(18-20)17-19-7-2-1-3-8-19/h1-3,7-8,20-21H,4-6,9-18H2. The molecule has 4 rings (SSSR count). The van der Waals surface area contributed by atoms with E-state index in [2.05, 4.69) is 45.0 Å². The number of piperazine rings is 1. The van der Waals surface area contributed by atoms with Crippen LogP contribution in [0.15, 0.2) is 30.3 Å². The van der Waals surface area contributed by atoms with Crippen molar-refractivity contribution in [3.63, 3.8) is 0 Å². The Labute approximate surface area is 158 Å². The van der Waals surface area contributed by atoms with Crippen LogP contribution in [0, 0.1) is 5.92 Å². The van der Waals surface area contributed by atoms with E-state index in [1.54, 1.807) is 0 Å². The third-order valence-corrected chi connectivity index (χ3v) is 6.57. The van der Waals surface area contributed by atoms with Gasteiger partial charge in [-0.05, 0) is 37.8 Å². The summed E-state index contributed by atoms with van der Waals surface area (Å²) in [5.41, 5.74) is 1.35. The third kappa shape index (κ3) is 4.29. The first kappa shape index (κ1) is 18.0. The van der Waals surface area contributed by atoms with Crippen molar-refractivity contribution in [2.75, 3.05) is 39.3 Å². The summed E-state index contributed by atoms with van der Waals surface area (Å²) in [4.78, 5) is 20.3. The van der Waals surface area contributed by atoms with E-state index in [9.17, 15) is 4.79 Å². The molecule has 26 heavy (non-hydrogen) atoms. The molecule has 1 aromatic carbocycles. The van der Waals surface area contributed by atoms with Crippen LogP contribution in [0.4, 0.5) is 0 Å². The van der Waals surface area contributed by atoms with Crippen LogP contribution in [0.25, 0.3) is 0 Å². The summed E-state index contributed by atoms with van der Waals surface area (Å²) in [6.07, 6.45) is 7.72. The number of piperidine rings is 1. The molecular formula is C22H33N3O. The first-order valence-electron chi connectivity index (χ1n) is 10.6. The summed E-state index contributed by atoms with van der Waals surface area (Å²) in [7, 11) is 0. The summed E-state index contributed by atoms with van der Waals surface area (Å²) < 4.78 is 0. The van der Waals surface area contributed by atoms with Gasteiger partial charge in [-0.2, -0.15) is 0 Å². The lowest BCUT2D eigenvalue weighted by Crippen LogP contribution is -2.54. The molecule has 4 heteroatoms. The highest BCUT2D eigenvalue weighted by atomic mass is 16.2. The van der Waals surface area contributed by atoms with Gasteiger partial charge in [0.15, 0.2) is 0 Å². The molecular weight excluding hydrogens is 322 g/mol. The highest BCUT2D eigenvalue weighted by Crippen LogP contribution is 2.26. The van der Waals surface area contributed by atoms with E-state index in [0.29, 0.717) is 5.91 Å². The number of nitrogens with zero attached hydrogens (tertiary/aromatic N) is 3. The number of likely N-dealkylation sites (tertiary alicyclic amines) is 1. The van der Waals surface area contributed by atoms with Crippen molar-refractivity contribution in [1.82, 2.24) is 14.7 Å². The monoisotopic (exact) mass is 355 g/mol. The maximum Gasteiger partial charge on any atom is 0.227 e. The Balaban J connectivity index is 1.27. The molecule has 1 amide bonds. The summed E-state index contributed by atoms with van der Waals surface area (Å²) in [5, 5.41) is 0. The Morgan fingerprint density at radius 3 is 2.35 bits per heavy atom. The van der Waals surface area contributed by atoms with Gasteiger partial charge in [0.2, 0.25) is 5.91 Å². The first-order chi connectivity index (χ1) is 12.8. The third-order valence-electron chi connectivity index (χ3n) is 6.57. The van der Waals surface area contributed by atoms with Crippen LogP contribution in [-0.4, -0.2) is 65.9 Å². The van der Waals surface area contributed by atoms with E-state index >= 15 is 0 Å². The number of hydrogen-bond donors (Lipinski definition) is 0. The highest BCUT2D eigenvalue weighted by molar-refractivity contribution is 5.79.